The highest BCUT2D eigenvalue weighted by atomic mass is 16.6. The van der Waals surface area contributed by atoms with Gasteiger partial charge >= 0.3 is 5.82 Å². The van der Waals surface area contributed by atoms with E-state index < -0.39 is 16.8 Å². The summed E-state index contributed by atoms with van der Waals surface area (Å²) in [4.78, 5) is 28.6. The summed E-state index contributed by atoms with van der Waals surface area (Å²) in [5.41, 5.74) is 1.98. The van der Waals surface area contributed by atoms with E-state index in [-0.39, 0.29) is 17.7 Å². The van der Waals surface area contributed by atoms with Crippen molar-refractivity contribution in [3.8, 4) is 5.75 Å². The molecular weight excluding hydrogens is 310 g/mol. The van der Waals surface area contributed by atoms with E-state index in [0.717, 1.165) is 17.7 Å². The van der Waals surface area contributed by atoms with Crippen molar-refractivity contribution in [2.45, 2.75) is 32.4 Å². The molecule has 2 heterocycles. The van der Waals surface area contributed by atoms with Crippen LogP contribution in [0.3, 0.4) is 0 Å². The van der Waals surface area contributed by atoms with Gasteiger partial charge in [0.1, 0.15) is 6.20 Å². The van der Waals surface area contributed by atoms with Crippen molar-refractivity contribution in [2.24, 2.45) is 0 Å². The normalized spacial score (nSPS) is 17.2. The van der Waals surface area contributed by atoms with Crippen molar-refractivity contribution < 1.29 is 14.5 Å². The molecule has 2 aromatic rings. The summed E-state index contributed by atoms with van der Waals surface area (Å²) in [6.45, 7) is 3.56. The summed E-state index contributed by atoms with van der Waals surface area (Å²) in [5.74, 6) is -0.638. The van der Waals surface area contributed by atoms with Gasteiger partial charge in [-0.25, -0.2) is 0 Å². The summed E-state index contributed by atoms with van der Waals surface area (Å²) >= 11 is 0. The van der Waals surface area contributed by atoms with Crippen LogP contribution in [0.15, 0.2) is 42.6 Å². The van der Waals surface area contributed by atoms with E-state index in [1.165, 1.54) is 18.3 Å². The van der Waals surface area contributed by atoms with Crippen molar-refractivity contribution in [1.82, 2.24) is 4.98 Å². The van der Waals surface area contributed by atoms with E-state index in [1.807, 2.05) is 31.2 Å². The number of benzene rings is 1. The lowest BCUT2D eigenvalue weighted by molar-refractivity contribution is -0.390. The van der Waals surface area contributed by atoms with Crippen LogP contribution < -0.4 is 9.64 Å². The van der Waals surface area contributed by atoms with E-state index in [1.54, 1.807) is 11.8 Å². The minimum atomic E-state index is -0.860. The molecule has 0 saturated heterocycles. The topological polar surface area (TPSA) is 85.6 Å². The number of pyridine rings is 1. The molecule has 7 nitrogen and oxygen atoms in total. The number of nitrogens with zero attached hydrogens (tertiary/aromatic N) is 3. The van der Waals surface area contributed by atoms with Crippen molar-refractivity contribution in [1.29, 1.82) is 0 Å². The molecule has 3 rings (SSSR count). The fourth-order valence-electron chi connectivity index (χ4n) is 2.95. The monoisotopic (exact) mass is 327 g/mol. The lowest BCUT2D eigenvalue weighted by Crippen LogP contribution is -2.43. The maximum absolute atomic E-state index is 12.8. The van der Waals surface area contributed by atoms with Gasteiger partial charge in [-0.3, -0.25) is 4.79 Å². The first-order valence-corrected chi connectivity index (χ1v) is 7.66. The number of nitro groups is 1. The smallest absolute Gasteiger partial charge is 0.406 e. The molecule has 1 aromatic heterocycles. The number of hydrogen-bond donors (Lipinski definition) is 0. The van der Waals surface area contributed by atoms with E-state index in [2.05, 4.69) is 4.98 Å². The predicted octanol–water partition coefficient (Wildman–Crippen LogP) is 2.73. The molecule has 124 valence electrons. The zero-order valence-electron chi connectivity index (χ0n) is 13.4. The Bertz CT molecular complexity index is 793. The predicted molar refractivity (Wildman–Crippen MR) is 88.1 cm³/mol. The first kappa shape index (κ1) is 15.9. The van der Waals surface area contributed by atoms with Crippen LogP contribution in [0.5, 0.6) is 5.75 Å². The SMILES string of the molecule is CC(Oc1cccnc1[N+](=O)[O-])C(=O)N1c2ccccc2CC1C. The Labute approximate surface area is 139 Å². The van der Waals surface area contributed by atoms with Crippen molar-refractivity contribution >= 4 is 17.4 Å². The maximum Gasteiger partial charge on any atom is 0.406 e. The Balaban J connectivity index is 1.83. The number of fused-ring (bicyclic) bond motifs is 1. The summed E-state index contributed by atoms with van der Waals surface area (Å²) < 4.78 is 5.55. The Hall–Kier alpha value is -2.96. The Morgan fingerprint density at radius 1 is 1.38 bits per heavy atom. The van der Waals surface area contributed by atoms with Gasteiger partial charge in [-0.15, -0.1) is 0 Å². The summed E-state index contributed by atoms with van der Waals surface area (Å²) in [6.07, 6.45) is 1.24. The van der Waals surface area contributed by atoms with Gasteiger partial charge in [-0.05, 0) is 53.9 Å². The van der Waals surface area contributed by atoms with Gasteiger partial charge in [0.25, 0.3) is 5.91 Å². The fourth-order valence-corrected chi connectivity index (χ4v) is 2.95. The van der Waals surface area contributed by atoms with Crippen LogP contribution in [0.4, 0.5) is 11.5 Å². The van der Waals surface area contributed by atoms with Gasteiger partial charge in [0.2, 0.25) is 5.75 Å². The average Bonchev–Trinajstić information content (AvgIpc) is 2.90. The second-order valence-corrected chi connectivity index (χ2v) is 5.73. The van der Waals surface area contributed by atoms with Crippen molar-refractivity contribution in [3.63, 3.8) is 0 Å². The molecule has 1 aliphatic heterocycles. The number of hydrogen-bond acceptors (Lipinski definition) is 5. The largest absolute Gasteiger partial charge is 0.473 e. The molecule has 1 aliphatic rings. The van der Waals surface area contributed by atoms with Gasteiger partial charge in [0, 0.05) is 11.7 Å². The second kappa shape index (κ2) is 6.27. The molecule has 1 aromatic carbocycles. The van der Waals surface area contributed by atoms with Crippen LogP contribution in [0.1, 0.15) is 19.4 Å². The van der Waals surface area contributed by atoms with Gasteiger partial charge in [-0.2, -0.15) is 0 Å². The third-order valence-electron chi connectivity index (χ3n) is 4.02. The van der Waals surface area contributed by atoms with Gasteiger partial charge < -0.3 is 19.8 Å². The minimum absolute atomic E-state index is 0.0107. The highest BCUT2D eigenvalue weighted by Gasteiger charge is 2.34. The number of para-hydroxylation sites is 1. The summed E-state index contributed by atoms with van der Waals surface area (Å²) in [7, 11) is 0. The molecule has 2 unspecified atom stereocenters. The maximum atomic E-state index is 12.8. The van der Waals surface area contributed by atoms with E-state index in [9.17, 15) is 14.9 Å². The standard InChI is InChI=1S/C17H17N3O4/c1-11-10-13-6-3-4-7-14(13)19(11)17(21)12(2)24-15-8-5-9-18-16(15)20(22)23/h3-9,11-12H,10H2,1-2H3. The number of amides is 1. The quantitative estimate of drug-likeness (QED) is 0.636. The molecule has 0 fully saturated rings. The molecule has 0 bridgehead atoms. The number of aromatic nitrogens is 1. The molecule has 2 atom stereocenters. The Morgan fingerprint density at radius 2 is 2.12 bits per heavy atom. The number of carbonyl (C=O) groups excluding carboxylic acids is 1. The van der Waals surface area contributed by atoms with Gasteiger partial charge in [-0.1, -0.05) is 18.2 Å². The third-order valence-corrected chi connectivity index (χ3v) is 4.02. The van der Waals surface area contributed by atoms with Gasteiger partial charge in [0.15, 0.2) is 6.10 Å². The third kappa shape index (κ3) is 2.80. The Morgan fingerprint density at radius 3 is 2.88 bits per heavy atom. The first-order valence-electron chi connectivity index (χ1n) is 7.66. The molecule has 0 N–H and O–H groups in total. The highest BCUT2D eigenvalue weighted by Crippen LogP contribution is 2.33. The zero-order chi connectivity index (χ0) is 17.3. The highest BCUT2D eigenvalue weighted by molar-refractivity contribution is 5.99. The molecule has 7 heteroatoms. The van der Waals surface area contributed by atoms with Gasteiger partial charge in [0.05, 0.1) is 0 Å². The van der Waals surface area contributed by atoms with Crippen molar-refractivity contribution in [2.75, 3.05) is 4.90 Å². The minimum Gasteiger partial charge on any atom is -0.473 e. The van der Waals surface area contributed by atoms with Crippen LogP contribution in [-0.2, 0) is 11.2 Å². The van der Waals surface area contributed by atoms with Crippen LogP contribution in [0.25, 0.3) is 0 Å². The van der Waals surface area contributed by atoms with E-state index in [4.69, 9.17) is 4.74 Å². The first-order chi connectivity index (χ1) is 11.5. The number of anilines is 1. The number of ether oxygens (including phenoxy) is 1. The molecule has 0 saturated carbocycles. The van der Waals surface area contributed by atoms with Crippen molar-refractivity contribution in [3.05, 3.63) is 58.3 Å². The Kier molecular flexibility index (Phi) is 4.16. The molecule has 0 spiro atoms. The molecule has 0 radical (unpaired) electrons. The summed E-state index contributed by atoms with van der Waals surface area (Å²) in [6, 6.07) is 10.7. The lowest BCUT2D eigenvalue weighted by atomic mass is 10.1. The van der Waals surface area contributed by atoms with E-state index >= 15 is 0 Å². The molecule has 24 heavy (non-hydrogen) atoms. The second-order valence-electron chi connectivity index (χ2n) is 5.73. The van der Waals surface area contributed by atoms with Crippen LogP contribution in [0, 0.1) is 10.1 Å². The van der Waals surface area contributed by atoms with Crippen LogP contribution >= 0.6 is 0 Å². The molecule has 1 amide bonds. The van der Waals surface area contributed by atoms with Crippen LogP contribution in [0.2, 0.25) is 0 Å². The molecule has 0 aliphatic carbocycles. The lowest BCUT2D eigenvalue weighted by Gasteiger charge is -2.26. The van der Waals surface area contributed by atoms with E-state index in [0.29, 0.717) is 0 Å². The fraction of sp³-hybridized carbons (Fsp3) is 0.294. The zero-order valence-corrected chi connectivity index (χ0v) is 13.4. The van der Waals surface area contributed by atoms with Crippen LogP contribution in [-0.4, -0.2) is 28.0 Å². The average molecular weight is 327 g/mol. The number of rotatable bonds is 4. The summed E-state index contributed by atoms with van der Waals surface area (Å²) in [5, 5.41) is 11.0. The molecular formula is C17H17N3O4. The number of carbonyl (C=O) groups is 1.